The first-order valence-electron chi connectivity index (χ1n) is 2.68. The van der Waals surface area contributed by atoms with E-state index in [-0.39, 0.29) is 11.9 Å². The topological polar surface area (TPSA) is 52.3 Å². The van der Waals surface area contributed by atoms with Crippen LogP contribution in [-0.4, -0.2) is 19.1 Å². The van der Waals surface area contributed by atoms with Gasteiger partial charge in [0.2, 0.25) is 0 Å². The zero-order valence-electron chi connectivity index (χ0n) is 4.59. The molecule has 2 N–H and O–H groups in total. The average Bonchev–Trinajstić information content (AvgIpc) is 2.14. The van der Waals surface area contributed by atoms with E-state index >= 15 is 0 Å². The summed E-state index contributed by atoms with van der Waals surface area (Å²) in [5.41, 5.74) is 5.26. The summed E-state index contributed by atoms with van der Waals surface area (Å²) in [5.74, 6) is 0.169. The minimum atomic E-state index is -0.111. The van der Waals surface area contributed by atoms with Crippen LogP contribution in [0.3, 0.4) is 0 Å². The number of carbonyl (C=O) groups is 1. The molecule has 1 aliphatic rings. The summed E-state index contributed by atoms with van der Waals surface area (Å²) in [7, 11) is 0. The van der Waals surface area contributed by atoms with Crippen molar-refractivity contribution in [1.82, 2.24) is 0 Å². The highest BCUT2D eigenvalue weighted by Gasteiger charge is 2.21. The van der Waals surface area contributed by atoms with Crippen molar-refractivity contribution in [2.45, 2.75) is 6.42 Å². The van der Waals surface area contributed by atoms with E-state index in [1.165, 1.54) is 0 Å². The molecule has 0 bridgehead atoms. The van der Waals surface area contributed by atoms with Crippen molar-refractivity contribution >= 4 is 5.97 Å². The second-order valence-corrected chi connectivity index (χ2v) is 1.99. The number of nitrogens with two attached hydrogens (primary N) is 1. The Morgan fingerprint density at radius 3 is 2.88 bits per heavy atom. The molecule has 0 aromatic rings. The Balaban J connectivity index is 2.32. The maximum atomic E-state index is 10.3. The van der Waals surface area contributed by atoms with Crippen molar-refractivity contribution < 1.29 is 9.53 Å². The molecule has 3 heteroatoms. The first-order valence-corrected chi connectivity index (χ1v) is 2.68. The second kappa shape index (κ2) is 2.13. The Kier molecular flexibility index (Phi) is 1.48. The van der Waals surface area contributed by atoms with Crippen LogP contribution >= 0.6 is 0 Å². The minimum absolute atomic E-state index is 0.111. The summed E-state index contributed by atoms with van der Waals surface area (Å²) in [5, 5.41) is 0. The Labute approximate surface area is 47.8 Å². The van der Waals surface area contributed by atoms with Gasteiger partial charge in [0, 0.05) is 5.92 Å². The number of rotatable bonds is 1. The second-order valence-electron chi connectivity index (χ2n) is 1.99. The molecule has 1 rings (SSSR count). The van der Waals surface area contributed by atoms with E-state index in [9.17, 15) is 4.79 Å². The van der Waals surface area contributed by atoms with Gasteiger partial charge in [-0.2, -0.15) is 0 Å². The molecule has 0 saturated carbocycles. The lowest BCUT2D eigenvalue weighted by molar-refractivity contribution is -0.137. The van der Waals surface area contributed by atoms with Crippen LogP contribution < -0.4 is 5.73 Å². The molecule has 0 aliphatic carbocycles. The fraction of sp³-hybridized carbons (Fsp3) is 0.800. The Morgan fingerprint density at radius 1 is 1.88 bits per heavy atom. The standard InChI is InChI=1S/C5H9NO2/c6-2-4-1-5(7)8-3-4/h4H,1-3,6H2/t4-/m0/s1. The van der Waals surface area contributed by atoms with Gasteiger partial charge in [-0.3, -0.25) is 4.79 Å². The van der Waals surface area contributed by atoms with Gasteiger partial charge in [0.25, 0.3) is 0 Å². The first-order chi connectivity index (χ1) is 3.83. The summed E-state index contributed by atoms with van der Waals surface area (Å²) in [6, 6.07) is 0. The maximum Gasteiger partial charge on any atom is 0.306 e. The van der Waals surface area contributed by atoms with Crippen LogP contribution in [0, 0.1) is 5.92 Å². The van der Waals surface area contributed by atoms with Gasteiger partial charge >= 0.3 is 5.97 Å². The molecule has 0 aromatic heterocycles. The number of carbonyl (C=O) groups excluding carboxylic acids is 1. The molecule has 0 radical (unpaired) electrons. The Hall–Kier alpha value is -0.570. The molecule has 3 nitrogen and oxygen atoms in total. The van der Waals surface area contributed by atoms with Gasteiger partial charge in [0.1, 0.15) is 0 Å². The first kappa shape index (κ1) is 5.56. The summed E-state index contributed by atoms with van der Waals surface area (Å²) in [6.45, 7) is 1.08. The third kappa shape index (κ3) is 0.980. The van der Waals surface area contributed by atoms with E-state index in [0.29, 0.717) is 19.6 Å². The quantitative estimate of drug-likeness (QED) is 0.469. The number of hydrogen-bond donors (Lipinski definition) is 1. The summed E-state index contributed by atoms with van der Waals surface area (Å²) < 4.78 is 4.64. The lowest BCUT2D eigenvalue weighted by Gasteiger charge is -1.95. The molecule has 46 valence electrons. The summed E-state index contributed by atoms with van der Waals surface area (Å²) in [6.07, 6.45) is 0.510. The van der Waals surface area contributed by atoms with Crippen molar-refractivity contribution in [1.29, 1.82) is 0 Å². The van der Waals surface area contributed by atoms with Gasteiger partial charge in [-0.25, -0.2) is 0 Å². The molecular formula is C5H9NO2. The third-order valence-corrected chi connectivity index (χ3v) is 1.27. The van der Waals surface area contributed by atoms with Gasteiger partial charge in [0.05, 0.1) is 13.0 Å². The molecule has 1 fully saturated rings. The number of ether oxygens (including phenoxy) is 1. The van der Waals surface area contributed by atoms with Gasteiger partial charge < -0.3 is 10.5 Å². The molecule has 0 aromatic carbocycles. The highest BCUT2D eigenvalue weighted by atomic mass is 16.5. The Bertz CT molecular complexity index is 103. The number of cyclic esters (lactones) is 1. The maximum absolute atomic E-state index is 10.3. The predicted octanol–water partition coefficient (Wildman–Crippen LogP) is -0.492. The predicted molar refractivity (Wildman–Crippen MR) is 28.1 cm³/mol. The van der Waals surface area contributed by atoms with Crippen molar-refractivity contribution in [3.8, 4) is 0 Å². The SMILES string of the molecule is NC[C@H]1COC(=O)C1. The largest absolute Gasteiger partial charge is 0.465 e. The molecule has 1 atom stereocenters. The van der Waals surface area contributed by atoms with Crippen LogP contribution in [0.25, 0.3) is 0 Å². The van der Waals surface area contributed by atoms with Crippen molar-refractivity contribution in [2.75, 3.05) is 13.2 Å². The fourth-order valence-corrected chi connectivity index (χ4v) is 0.716. The van der Waals surface area contributed by atoms with Gasteiger partial charge in [-0.05, 0) is 6.54 Å². The van der Waals surface area contributed by atoms with E-state index in [1.54, 1.807) is 0 Å². The van der Waals surface area contributed by atoms with Crippen LogP contribution in [0.1, 0.15) is 6.42 Å². The third-order valence-electron chi connectivity index (χ3n) is 1.27. The van der Waals surface area contributed by atoms with Crippen molar-refractivity contribution in [2.24, 2.45) is 11.7 Å². The molecular weight excluding hydrogens is 106 g/mol. The molecule has 0 amide bonds. The molecule has 1 aliphatic heterocycles. The Morgan fingerprint density at radius 2 is 2.62 bits per heavy atom. The van der Waals surface area contributed by atoms with E-state index in [4.69, 9.17) is 5.73 Å². The summed E-state index contributed by atoms with van der Waals surface area (Å²) in [4.78, 5) is 10.3. The molecule has 8 heavy (non-hydrogen) atoms. The van der Waals surface area contributed by atoms with Crippen LogP contribution in [0.2, 0.25) is 0 Å². The lowest BCUT2D eigenvalue weighted by atomic mass is 10.1. The minimum Gasteiger partial charge on any atom is -0.465 e. The van der Waals surface area contributed by atoms with E-state index in [0.717, 1.165) is 0 Å². The number of hydrogen-bond acceptors (Lipinski definition) is 3. The average molecular weight is 115 g/mol. The van der Waals surface area contributed by atoms with Gasteiger partial charge in [-0.1, -0.05) is 0 Å². The van der Waals surface area contributed by atoms with Gasteiger partial charge in [-0.15, -0.1) is 0 Å². The smallest absolute Gasteiger partial charge is 0.306 e. The van der Waals surface area contributed by atoms with Crippen molar-refractivity contribution in [3.63, 3.8) is 0 Å². The number of esters is 1. The lowest BCUT2D eigenvalue weighted by Crippen LogP contribution is -2.13. The van der Waals surface area contributed by atoms with E-state index in [1.807, 2.05) is 0 Å². The fourth-order valence-electron chi connectivity index (χ4n) is 0.716. The normalized spacial score (nSPS) is 28.1. The highest BCUT2D eigenvalue weighted by Crippen LogP contribution is 2.10. The highest BCUT2D eigenvalue weighted by molar-refractivity contribution is 5.71. The zero-order valence-corrected chi connectivity index (χ0v) is 4.59. The van der Waals surface area contributed by atoms with Crippen LogP contribution in [-0.2, 0) is 9.53 Å². The molecule has 0 unspecified atom stereocenters. The van der Waals surface area contributed by atoms with E-state index in [2.05, 4.69) is 4.74 Å². The van der Waals surface area contributed by atoms with Crippen molar-refractivity contribution in [3.05, 3.63) is 0 Å². The summed E-state index contributed by atoms with van der Waals surface area (Å²) >= 11 is 0. The van der Waals surface area contributed by atoms with E-state index < -0.39 is 0 Å². The molecule has 1 heterocycles. The molecule has 0 spiro atoms. The van der Waals surface area contributed by atoms with Gasteiger partial charge in [0.15, 0.2) is 0 Å². The molecule has 1 saturated heterocycles. The zero-order chi connectivity index (χ0) is 5.98. The van der Waals surface area contributed by atoms with Crippen LogP contribution in [0.4, 0.5) is 0 Å². The van der Waals surface area contributed by atoms with Crippen LogP contribution in [0.5, 0.6) is 0 Å². The van der Waals surface area contributed by atoms with Crippen LogP contribution in [0.15, 0.2) is 0 Å². The monoisotopic (exact) mass is 115 g/mol.